The number of thioether (sulfide) groups is 1. The lowest BCUT2D eigenvalue weighted by molar-refractivity contribution is -0.132. The molecule has 2 aliphatic heterocycles. The smallest absolute Gasteiger partial charge is 0.319 e. The molecule has 0 amide bonds. The summed E-state index contributed by atoms with van der Waals surface area (Å²) in [6.45, 7) is -0.442. The second kappa shape index (κ2) is 6.18. The van der Waals surface area contributed by atoms with Crippen molar-refractivity contribution in [1.29, 1.82) is 0 Å². The molecule has 2 aliphatic rings. The summed E-state index contributed by atoms with van der Waals surface area (Å²) in [6, 6.07) is -0.151. The summed E-state index contributed by atoms with van der Waals surface area (Å²) in [5.74, 6) is -1.92. The van der Waals surface area contributed by atoms with Gasteiger partial charge in [0.1, 0.15) is 0 Å². The average molecular weight is 301 g/mol. The van der Waals surface area contributed by atoms with E-state index < -0.39 is 18.9 Å². The monoisotopic (exact) mass is 301 g/mol. The molecule has 2 saturated heterocycles. The summed E-state index contributed by atoms with van der Waals surface area (Å²) < 4.78 is 55.8. The second-order valence-corrected chi connectivity index (χ2v) is 6.50. The second-order valence-electron chi connectivity index (χ2n) is 5.28. The molecular formula is C12H19F4NOS. The first kappa shape index (κ1) is 15.4. The van der Waals surface area contributed by atoms with Crippen LogP contribution < -0.4 is 5.32 Å². The van der Waals surface area contributed by atoms with Crippen LogP contribution in [0.2, 0.25) is 0 Å². The van der Waals surface area contributed by atoms with Crippen molar-refractivity contribution in [2.45, 2.75) is 49.7 Å². The van der Waals surface area contributed by atoms with Gasteiger partial charge in [0, 0.05) is 12.6 Å². The van der Waals surface area contributed by atoms with Crippen molar-refractivity contribution in [2.24, 2.45) is 0 Å². The molecule has 1 atom stereocenters. The Morgan fingerprint density at radius 1 is 1.32 bits per heavy atom. The lowest BCUT2D eigenvalue weighted by atomic mass is 9.85. The maximum Gasteiger partial charge on any atom is 0.319 e. The van der Waals surface area contributed by atoms with Crippen LogP contribution in [0.25, 0.3) is 0 Å². The highest BCUT2D eigenvalue weighted by Gasteiger charge is 2.43. The van der Waals surface area contributed by atoms with Crippen LogP contribution in [0.15, 0.2) is 0 Å². The minimum atomic E-state index is -3.95. The Morgan fingerprint density at radius 3 is 2.63 bits per heavy atom. The van der Waals surface area contributed by atoms with Gasteiger partial charge >= 0.3 is 12.3 Å². The van der Waals surface area contributed by atoms with Gasteiger partial charge in [-0.1, -0.05) is 0 Å². The van der Waals surface area contributed by atoms with Crippen molar-refractivity contribution in [1.82, 2.24) is 5.32 Å². The zero-order chi connectivity index (χ0) is 13.9. The van der Waals surface area contributed by atoms with Crippen molar-refractivity contribution in [3.63, 3.8) is 0 Å². The largest absolute Gasteiger partial charge is 0.375 e. The Labute approximate surface area is 114 Å². The van der Waals surface area contributed by atoms with Crippen LogP contribution >= 0.6 is 11.8 Å². The van der Waals surface area contributed by atoms with Gasteiger partial charge in [-0.25, -0.2) is 8.78 Å². The fourth-order valence-electron chi connectivity index (χ4n) is 2.65. The van der Waals surface area contributed by atoms with E-state index in [0.717, 1.165) is 24.3 Å². The molecular weight excluding hydrogens is 282 g/mol. The number of ether oxygens (including phenoxy) is 1. The van der Waals surface area contributed by atoms with Gasteiger partial charge in [-0.3, -0.25) is 0 Å². The Hall–Kier alpha value is -0.0100. The summed E-state index contributed by atoms with van der Waals surface area (Å²) in [7, 11) is 0. The Balaban J connectivity index is 1.84. The number of nitrogens with one attached hydrogen (secondary N) is 1. The van der Waals surface area contributed by atoms with E-state index >= 15 is 0 Å². The van der Waals surface area contributed by atoms with E-state index in [1.54, 1.807) is 0 Å². The summed E-state index contributed by atoms with van der Waals surface area (Å²) in [4.78, 5) is 0. The predicted octanol–water partition coefficient (Wildman–Crippen LogP) is 2.92. The molecule has 0 radical (unpaired) electrons. The lowest BCUT2D eigenvalue weighted by Gasteiger charge is -2.43. The maximum atomic E-state index is 12.9. The number of halogens is 4. The van der Waals surface area contributed by atoms with Gasteiger partial charge in [0.05, 0.1) is 12.1 Å². The van der Waals surface area contributed by atoms with E-state index in [0.29, 0.717) is 19.4 Å². The van der Waals surface area contributed by atoms with Crippen molar-refractivity contribution >= 4 is 11.8 Å². The molecule has 2 rings (SSSR count). The molecule has 0 saturated carbocycles. The molecule has 2 nitrogen and oxygen atoms in total. The van der Waals surface area contributed by atoms with Crippen molar-refractivity contribution in [3.8, 4) is 0 Å². The van der Waals surface area contributed by atoms with Gasteiger partial charge < -0.3 is 10.1 Å². The SMILES string of the molecule is FC(F)C(F)(F)CNC1CCOC2(CCSCC2)C1. The van der Waals surface area contributed by atoms with E-state index in [1.807, 2.05) is 11.8 Å². The van der Waals surface area contributed by atoms with Crippen LogP contribution in [-0.4, -0.2) is 48.6 Å². The van der Waals surface area contributed by atoms with Crippen molar-refractivity contribution < 1.29 is 22.3 Å². The quantitative estimate of drug-likeness (QED) is 0.807. The Bertz CT molecular complexity index is 292. The van der Waals surface area contributed by atoms with Crippen LogP contribution in [0.5, 0.6) is 0 Å². The highest BCUT2D eigenvalue weighted by Crippen LogP contribution is 2.37. The standard InChI is InChI=1S/C12H19F4NOS/c13-10(14)12(15,16)8-17-9-1-4-18-11(7-9)2-5-19-6-3-11/h9-10,17H,1-8H2. The highest BCUT2D eigenvalue weighted by molar-refractivity contribution is 7.99. The van der Waals surface area contributed by atoms with Gasteiger partial charge in [-0.15, -0.1) is 0 Å². The lowest BCUT2D eigenvalue weighted by Crippen LogP contribution is -2.51. The summed E-state index contributed by atoms with van der Waals surface area (Å²) >= 11 is 1.87. The van der Waals surface area contributed by atoms with Gasteiger partial charge in [0.25, 0.3) is 0 Å². The first-order chi connectivity index (χ1) is 8.94. The zero-order valence-electron chi connectivity index (χ0n) is 10.6. The van der Waals surface area contributed by atoms with Crippen molar-refractivity contribution in [2.75, 3.05) is 24.7 Å². The fraction of sp³-hybridized carbons (Fsp3) is 1.00. The number of hydrogen-bond acceptors (Lipinski definition) is 3. The predicted molar refractivity (Wildman–Crippen MR) is 67.2 cm³/mol. The van der Waals surface area contributed by atoms with Crippen LogP contribution in [0.3, 0.4) is 0 Å². The summed E-state index contributed by atoms with van der Waals surface area (Å²) in [6.07, 6.45) is -0.525. The molecule has 1 N–H and O–H groups in total. The number of alkyl halides is 4. The molecule has 1 unspecified atom stereocenters. The molecule has 0 aromatic rings. The molecule has 2 fully saturated rings. The summed E-state index contributed by atoms with van der Waals surface area (Å²) in [5.41, 5.74) is -0.221. The van der Waals surface area contributed by atoms with Crippen LogP contribution in [-0.2, 0) is 4.74 Å². The van der Waals surface area contributed by atoms with Crippen LogP contribution in [0.1, 0.15) is 25.7 Å². The Morgan fingerprint density at radius 2 is 2.00 bits per heavy atom. The molecule has 7 heteroatoms. The third-order valence-corrected chi connectivity index (χ3v) is 4.83. The molecule has 2 heterocycles. The van der Waals surface area contributed by atoms with E-state index in [2.05, 4.69) is 5.32 Å². The molecule has 1 spiro atoms. The molecule has 0 aromatic carbocycles. The summed E-state index contributed by atoms with van der Waals surface area (Å²) in [5, 5.41) is 2.60. The number of hydrogen-bond donors (Lipinski definition) is 1. The van der Waals surface area contributed by atoms with E-state index in [9.17, 15) is 17.6 Å². The van der Waals surface area contributed by atoms with E-state index in [1.165, 1.54) is 0 Å². The first-order valence-electron chi connectivity index (χ1n) is 6.55. The van der Waals surface area contributed by atoms with E-state index in [4.69, 9.17) is 4.74 Å². The number of rotatable bonds is 4. The first-order valence-corrected chi connectivity index (χ1v) is 7.70. The zero-order valence-corrected chi connectivity index (χ0v) is 11.5. The topological polar surface area (TPSA) is 21.3 Å². The molecule has 0 aliphatic carbocycles. The Kier molecular flexibility index (Phi) is 5.00. The fourth-order valence-corrected chi connectivity index (χ4v) is 3.89. The normalized spacial score (nSPS) is 27.9. The third-order valence-electron chi connectivity index (χ3n) is 3.84. The average Bonchev–Trinajstić information content (AvgIpc) is 2.37. The molecule has 0 aromatic heterocycles. The van der Waals surface area contributed by atoms with Gasteiger partial charge in [-0.05, 0) is 37.2 Å². The van der Waals surface area contributed by atoms with Gasteiger partial charge in [-0.2, -0.15) is 20.5 Å². The maximum absolute atomic E-state index is 12.9. The van der Waals surface area contributed by atoms with Crippen LogP contribution in [0, 0.1) is 0 Å². The van der Waals surface area contributed by atoms with Gasteiger partial charge in [0.2, 0.25) is 0 Å². The van der Waals surface area contributed by atoms with Crippen molar-refractivity contribution in [3.05, 3.63) is 0 Å². The van der Waals surface area contributed by atoms with E-state index in [-0.39, 0.29) is 11.6 Å². The molecule has 0 bridgehead atoms. The molecule has 19 heavy (non-hydrogen) atoms. The highest BCUT2D eigenvalue weighted by atomic mass is 32.2. The van der Waals surface area contributed by atoms with Crippen LogP contribution in [0.4, 0.5) is 17.6 Å². The minimum Gasteiger partial charge on any atom is -0.375 e. The third kappa shape index (κ3) is 3.98. The van der Waals surface area contributed by atoms with Gasteiger partial charge in [0.15, 0.2) is 0 Å². The minimum absolute atomic E-state index is 0.151. The molecule has 112 valence electrons.